The van der Waals surface area contributed by atoms with Crippen molar-refractivity contribution in [3.05, 3.63) is 36.1 Å². The van der Waals surface area contributed by atoms with Gasteiger partial charge in [0.25, 0.3) is 0 Å². The highest BCUT2D eigenvalue weighted by atomic mass is 32.1. The number of fused-ring (bicyclic) bond motifs is 3. The second-order valence-electron chi connectivity index (χ2n) is 6.36. The summed E-state index contributed by atoms with van der Waals surface area (Å²) in [7, 11) is 0. The fourth-order valence-electron chi connectivity index (χ4n) is 3.31. The lowest BCUT2D eigenvalue weighted by Gasteiger charge is -2.29. The highest BCUT2D eigenvalue weighted by Gasteiger charge is 2.28. The molecular weight excluding hydrogens is 357 g/mol. The molecule has 2 heterocycles. The summed E-state index contributed by atoms with van der Waals surface area (Å²) in [6, 6.07) is 8.19. The number of amides is 2. The van der Waals surface area contributed by atoms with Crippen LogP contribution >= 0.6 is 11.3 Å². The smallest absolute Gasteiger partial charge is 0.407 e. The Morgan fingerprint density at radius 3 is 2.96 bits per heavy atom. The van der Waals surface area contributed by atoms with Gasteiger partial charge >= 0.3 is 6.09 Å². The van der Waals surface area contributed by atoms with Gasteiger partial charge in [0, 0.05) is 18.5 Å². The second-order valence-corrected chi connectivity index (χ2v) is 7.35. The molecule has 6 nitrogen and oxygen atoms in total. The fourth-order valence-corrected chi connectivity index (χ4v) is 4.31. The SMILES string of the molecule is O=C(Nc1nc2ccc3cc(F)ccc3c2s1)C1CCCN(C(=O)O)C1. The zero-order valence-corrected chi connectivity index (χ0v) is 14.6. The molecule has 0 aliphatic carbocycles. The first-order chi connectivity index (χ1) is 12.5. The van der Waals surface area contributed by atoms with E-state index in [4.69, 9.17) is 5.11 Å². The van der Waals surface area contributed by atoms with Crippen LogP contribution in [0.25, 0.3) is 21.0 Å². The van der Waals surface area contributed by atoms with Gasteiger partial charge in [0.2, 0.25) is 5.91 Å². The molecular formula is C18H16FN3O3S. The molecule has 1 aliphatic rings. The van der Waals surface area contributed by atoms with Crippen LogP contribution in [0.5, 0.6) is 0 Å². The van der Waals surface area contributed by atoms with Gasteiger partial charge in [0.05, 0.1) is 16.1 Å². The minimum Gasteiger partial charge on any atom is -0.465 e. The first kappa shape index (κ1) is 16.7. The van der Waals surface area contributed by atoms with Crippen LogP contribution in [0.3, 0.4) is 0 Å². The highest BCUT2D eigenvalue weighted by Crippen LogP contribution is 2.33. The summed E-state index contributed by atoms with van der Waals surface area (Å²) in [6.07, 6.45) is 0.324. The maximum absolute atomic E-state index is 13.4. The minimum absolute atomic E-state index is 0.203. The van der Waals surface area contributed by atoms with Crippen molar-refractivity contribution in [3.8, 4) is 0 Å². The Balaban J connectivity index is 1.58. The third-order valence-electron chi connectivity index (χ3n) is 4.63. The number of benzene rings is 2. The molecule has 1 aliphatic heterocycles. The fraction of sp³-hybridized carbons (Fsp3) is 0.278. The van der Waals surface area contributed by atoms with Crippen LogP contribution in [0.15, 0.2) is 30.3 Å². The van der Waals surface area contributed by atoms with Crippen molar-refractivity contribution in [1.29, 1.82) is 0 Å². The highest BCUT2D eigenvalue weighted by molar-refractivity contribution is 7.23. The lowest BCUT2D eigenvalue weighted by Crippen LogP contribution is -2.43. The monoisotopic (exact) mass is 373 g/mol. The molecule has 2 N–H and O–H groups in total. The molecule has 1 unspecified atom stereocenters. The number of likely N-dealkylation sites (tertiary alicyclic amines) is 1. The lowest BCUT2D eigenvalue weighted by molar-refractivity contribution is -0.121. The number of carboxylic acid groups (broad SMARTS) is 1. The number of anilines is 1. The number of hydrogen-bond acceptors (Lipinski definition) is 4. The zero-order chi connectivity index (χ0) is 18.3. The predicted octanol–water partition coefficient (Wildman–Crippen LogP) is 3.92. The number of hydrogen-bond donors (Lipinski definition) is 2. The van der Waals surface area contributed by atoms with E-state index >= 15 is 0 Å². The Labute approximate surface area is 152 Å². The summed E-state index contributed by atoms with van der Waals surface area (Å²) in [5, 5.41) is 14.0. The number of piperidine rings is 1. The molecule has 1 fully saturated rings. The first-order valence-electron chi connectivity index (χ1n) is 8.29. The Morgan fingerprint density at radius 2 is 2.15 bits per heavy atom. The molecule has 3 aromatic rings. The van der Waals surface area contributed by atoms with Crippen LogP contribution in [0, 0.1) is 11.7 Å². The Bertz CT molecular complexity index is 1020. The summed E-state index contributed by atoms with van der Waals surface area (Å²) in [6.45, 7) is 0.664. The minimum atomic E-state index is -0.999. The predicted molar refractivity (Wildman–Crippen MR) is 98.0 cm³/mol. The average Bonchev–Trinajstić information content (AvgIpc) is 3.04. The number of carbonyl (C=O) groups excluding carboxylic acids is 1. The van der Waals surface area contributed by atoms with Gasteiger partial charge in [-0.3, -0.25) is 4.79 Å². The summed E-state index contributed by atoms with van der Waals surface area (Å²) in [5.41, 5.74) is 0.736. The molecule has 1 atom stereocenters. The molecule has 2 amide bonds. The molecule has 134 valence electrons. The Morgan fingerprint density at radius 1 is 1.31 bits per heavy atom. The standard InChI is InChI=1S/C18H16FN3O3S/c19-12-4-5-13-10(8-12)3-6-14-15(13)26-17(20-14)21-16(23)11-2-1-7-22(9-11)18(24)25/h3-6,8,11H,1-2,7,9H2,(H,24,25)(H,20,21,23). The first-order valence-corrected chi connectivity index (χ1v) is 9.10. The zero-order valence-electron chi connectivity index (χ0n) is 13.7. The molecule has 2 aromatic carbocycles. The van der Waals surface area contributed by atoms with Crippen molar-refractivity contribution < 1.29 is 19.1 Å². The van der Waals surface area contributed by atoms with E-state index in [1.54, 1.807) is 18.2 Å². The number of nitrogens with one attached hydrogen (secondary N) is 1. The topological polar surface area (TPSA) is 82.5 Å². The van der Waals surface area contributed by atoms with Gasteiger partial charge in [-0.1, -0.05) is 17.4 Å². The molecule has 1 saturated heterocycles. The summed E-state index contributed by atoms with van der Waals surface area (Å²) >= 11 is 1.34. The molecule has 0 bridgehead atoms. The van der Waals surface area contributed by atoms with E-state index in [2.05, 4.69) is 10.3 Å². The molecule has 4 rings (SSSR count). The third-order valence-corrected chi connectivity index (χ3v) is 5.65. The molecule has 0 saturated carbocycles. The quantitative estimate of drug-likeness (QED) is 0.713. The number of rotatable bonds is 2. The van der Waals surface area contributed by atoms with Crippen molar-refractivity contribution >= 4 is 49.5 Å². The van der Waals surface area contributed by atoms with E-state index in [-0.39, 0.29) is 24.2 Å². The normalized spacial score (nSPS) is 17.6. The van der Waals surface area contributed by atoms with Crippen LogP contribution in [0.1, 0.15) is 12.8 Å². The molecule has 8 heteroatoms. The van der Waals surface area contributed by atoms with Crippen molar-refractivity contribution in [2.24, 2.45) is 5.92 Å². The van der Waals surface area contributed by atoms with Crippen LogP contribution < -0.4 is 5.32 Å². The summed E-state index contributed by atoms with van der Waals surface area (Å²) < 4.78 is 14.3. The Kier molecular flexibility index (Phi) is 4.20. The van der Waals surface area contributed by atoms with E-state index in [9.17, 15) is 14.0 Å². The van der Waals surface area contributed by atoms with Gasteiger partial charge in [-0.15, -0.1) is 0 Å². The van der Waals surface area contributed by atoms with Gasteiger partial charge in [-0.05, 0) is 42.5 Å². The number of aromatic nitrogens is 1. The van der Waals surface area contributed by atoms with Crippen LogP contribution in [0.4, 0.5) is 14.3 Å². The third kappa shape index (κ3) is 3.08. The van der Waals surface area contributed by atoms with E-state index in [1.807, 2.05) is 0 Å². The molecule has 26 heavy (non-hydrogen) atoms. The van der Waals surface area contributed by atoms with E-state index in [1.165, 1.54) is 28.4 Å². The van der Waals surface area contributed by atoms with Gasteiger partial charge in [-0.25, -0.2) is 14.2 Å². The summed E-state index contributed by atoms with van der Waals surface area (Å²) in [4.78, 5) is 29.3. The molecule has 0 spiro atoms. The van der Waals surface area contributed by atoms with Crippen molar-refractivity contribution in [1.82, 2.24) is 9.88 Å². The lowest BCUT2D eigenvalue weighted by atomic mass is 9.97. The Hall–Kier alpha value is -2.74. The van der Waals surface area contributed by atoms with Crippen LogP contribution in [-0.2, 0) is 4.79 Å². The van der Waals surface area contributed by atoms with Gasteiger partial charge in [0.1, 0.15) is 5.82 Å². The largest absolute Gasteiger partial charge is 0.465 e. The average molecular weight is 373 g/mol. The van der Waals surface area contributed by atoms with E-state index in [0.717, 1.165) is 21.0 Å². The summed E-state index contributed by atoms with van der Waals surface area (Å²) in [5.74, 6) is -0.891. The number of halogens is 1. The van der Waals surface area contributed by atoms with Gasteiger partial charge < -0.3 is 15.3 Å². The molecule has 1 aromatic heterocycles. The van der Waals surface area contributed by atoms with Crippen LogP contribution in [-0.4, -0.2) is 40.1 Å². The van der Waals surface area contributed by atoms with E-state index < -0.39 is 6.09 Å². The number of thiazole rings is 1. The van der Waals surface area contributed by atoms with Gasteiger partial charge in [0.15, 0.2) is 5.13 Å². The second kappa shape index (κ2) is 6.53. The number of nitrogens with zero attached hydrogens (tertiary/aromatic N) is 2. The maximum Gasteiger partial charge on any atom is 0.407 e. The van der Waals surface area contributed by atoms with Crippen molar-refractivity contribution in [3.63, 3.8) is 0 Å². The molecule has 0 radical (unpaired) electrons. The number of carbonyl (C=O) groups is 2. The van der Waals surface area contributed by atoms with Crippen LogP contribution in [0.2, 0.25) is 0 Å². The van der Waals surface area contributed by atoms with Crippen molar-refractivity contribution in [2.45, 2.75) is 12.8 Å². The maximum atomic E-state index is 13.4. The van der Waals surface area contributed by atoms with E-state index in [0.29, 0.717) is 24.5 Å². The van der Waals surface area contributed by atoms with Crippen molar-refractivity contribution in [2.75, 3.05) is 18.4 Å². The van der Waals surface area contributed by atoms with Gasteiger partial charge in [-0.2, -0.15) is 0 Å².